The fourth-order valence-corrected chi connectivity index (χ4v) is 4.76. The normalized spacial score (nSPS) is 12.0. The molecule has 0 unspecified atom stereocenters. The van der Waals surface area contributed by atoms with Gasteiger partial charge in [-0.2, -0.15) is 0 Å². The van der Waals surface area contributed by atoms with Crippen LogP contribution in [0.25, 0.3) is 0 Å². The maximum atomic E-state index is 12.9. The Kier molecular flexibility index (Phi) is 9.47. The van der Waals surface area contributed by atoms with E-state index < -0.39 is 6.04 Å². The van der Waals surface area contributed by atoms with E-state index in [1.54, 1.807) is 28.8 Å². The highest BCUT2D eigenvalue weighted by Gasteiger charge is 2.24. The highest BCUT2D eigenvalue weighted by atomic mass is 35.5. The Hall–Kier alpha value is -2.26. The van der Waals surface area contributed by atoms with Crippen molar-refractivity contribution in [2.24, 2.45) is 13.0 Å². The molecular formula is C24H26Cl3N5O2S. The molecule has 0 aliphatic carbocycles. The van der Waals surface area contributed by atoms with E-state index in [0.717, 1.165) is 5.56 Å². The number of benzene rings is 2. The van der Waals surface area contributed by atoms with Gasteiger partial charge < -0.3 is 15.2 Å². The third kappa shape index (κ3) is 7.36. The van der Waals surface area contributed by atoms with Gasteiger partial charge in [0.1, 0.15) is 0 Å². The lowest BCUT2D eigenvalue weighted by Gasteiger charge is -2.20. The third-order valence-electron chi connectivity index (χ3n) is 5.16. The van der Waals surface area contributed by atoms with Gasteiger partial charge in [0, 0.05) is 22.8 Å². The largest absolute Gasteiger partial charge is 0.342 e. The van der Waals surface area contributed by atoms with Gasteiger partial charge in [-0.05, 0) is 55.2 Å². The monoisotopic (exact) mass is 553 g/mol. The fourth-order valence-electron chi connectivity index (χ4n) is 3.36. The number of aromatic nitrogens is 3. The summed E-state index contributed by atoms with van der Waals surface area (Å²) in [6, 6.07) is 9.70. The smallest absolute Gasteiger partial charge is 0.253 e. The van der Waals surface area contributed by atoms with E-state index in [1.807, 2.05) is 20.0 Å². The van der Waals surface area contributed by atoms with E-state index in [-0.39, 0.29) is 28.5 Å². The number of anilines is 1. The molecule has 2 amide bonds. The highest BCUT2D eigenvalue weighted by molar-refractivity contribution is 7.99. The van der Waals surface area contributed by atoms with Crippen LogP contribution in [0.15, 0.2) is 41.6 Å². The van der Waals surface area contributed by atoms with Crippen molar-refractivity contribution < 1.29 is 9.59 Å². The summed E-state index contributed by atoms with van der Waals surface area (Å²) in [7, 11) is 1.81. The Morgan fingerprint density at radius 1 is 1.06 bits per heavy atom. The molecule has 186 valence electrons. The summed E-state index contributed by atoms with van der Waals surface area (Å²) >= 11 is 19.5. The zero-order chi connectivity index (χ0) is 25.7. The minimum atomic E-state index is -0.398. The number of rotatable bonds is 9. The third-order valence-corrected chi connectivity index (χ3v) is 7.13. The number of carbonyl (C=O) groups excluding carboxylic acids is 2. The van der Waals surface area contributed by atoms with Gasteiger partial charge in [0.15, 0.2) is 11.0 Å². The number of thioether (sulfide) groups is 1. The van der Waals surface area contributed by atoms with Crippen molar-refractivity contribution in [3.8, 4) is 0 Å². The Morgan fingerprint density at radius 2 is 1.80 bits per heavy atom. The SMILES string of the molecule is Cc1ccc(NC(=O)CSc2nnc([C@@H](CC(C)C)NC(=O)c3ccc(Cl)cc3Cl)n2C)cc1Cl. The Morgan fingerprint density at radius 3 is 2.46 bits per heavy atom. The number of aryl methyl sites for hydroxylation is 1. The summed E-state index contributed by atoms with van der Waals surface area (Å²) in [4.78, 5) is 25.4. The number of amides is 2. The highest BCUT2D eigenvalue weighted by Crippen LogP contribution is 2.26. The summed E-state index contributed by atoms with van der Waals surface area (Å²) in [6.07, 6.45) is 0.641. The van der Waals surface area contributed by atoms with Gasteiger partial charge in [0.2, 0.25) is 5.91 Å². The number of hydrogen-bond acceptors (Lipinski definition) is 5. The summed E-state index contributed by atoms with van der Waals surface area (Å²) < 4.78 is 1.79. The second-order valence-corrected chi connectivity index (χ2v) is 10.7. The predicted octanol–water partition coefficient (Wildman–Crippen LogP) is 6.33. The number of hydrogen-bond donors (Lipinski definition) is 2. The van der Waals surface area contributed by atoms with Crippen molar-refractivity contribution in [2.45, 2.75) is 38.4 Å². The molecule has 2 aromatic carbocycles. The van der Waals surface area contributed by atoms with Crippen molar-refractivity contribution in [3.05, 3.63) is 68.4 Å². The molecule has 0 saturated heterocycles. The van der Waals surface area contributed by atoms with E-state index in [9.17, 15) is 9.59 Å². The van der Waals surface area contributed by atoms with E-state index in [4.69, 9.17) is 34.8 Å². The van der Waals surface area contributed by atoms with Gasteiger partial charge in [-0.25, -0.2) is 0 Å². The first-order valence-electron chi connectivity index (χ1n) is 10.9. The van der Waals surface area contributed by atoms with E-state index in [2.05, 4.69) is 34.7 Å². The second-order valence-electron chi connectivity index (χ2n) is 8.48. The summed E-state index contributed by atoms with van der Waals surface area (Å²) in [5.74, 6) is 0.486. The van der Waals surface area contributed by atoms with Gasteiger partial charge >= 0.3 is 0 Å². The van der Waals surface area contributed by atoms with Crippen LogP contribution in [0.2, 0.25) is 15.1 Å². The molecule has 1 aromatic heterocycles. The Bertz CT molecular complexity index is 1230. The van der Waals surface area contributed by atoms with E-state index in [1.165, 1.54) is 17.8 Å². The predicted molar refractivity (Wildman–Crippen MR) is 143 cm³/mol. The maximum absolute atomic E-state index is 12.9. The zero-order valence-electron chi connectivity index (χ0n) is 19.7. The Labute approximate surface area is 223 Å². The van der Waals surface area contributed by atoms with E-state index >= 15 is 0 Å². The molecule has 0 radical (unpaired) electrons. The molecule has 0 aliphatic rings. The van der Waals surface area contributed by atoms with Crippen LogP contribution in [0.4, 0.5) is 5.69 Å². The molecule has 11 heteroatoms. The fraction of sp³-hybridized carbons (Fsp3) is 0.333. The molecule has 0 saturated carbocycles. The van der Waals surface area contributed by atoms with Crippen molar-refractivity contribution >= 4 is 64.1 Å². The van der Waals surface area contributed by atoms with Crippen LogP contribution in [0.1, 0.15) is 48.1 Å². The van der Waals surface area contributed by atoms with Crippen molar-refractivity contribution in [1.82, 2.24) is 20.1 Å². The molecule has 2 N–H and O–H groups in total. The quantitative estimate of drug-likeness (QED) is 0.302. The van der Waals surface area contributed by atoms with Gasteiger partial charge in [0.05, 0.1) is 22.4 Å². The van der Waals surface area contributed by atoms with Crippen molar-refractivity contribution in [2.75, 3.05) is 11.1 Å². The molecule has 3 aromatic rings. The molecule has 0 aliphatic heterocycles. The van der Waals surface area contributed by atoms with Crippen LogP contribution in [0.3, 0.4) is 0 Å². The average Bonchev–Trinajstić information content (AvgIpc) is 3.14. The summed E-state index contributed by atoms with van der Waals surface area (Å²) in [5.41, 5.74) is 1.90. The molecular weight excluding hydrogens is 529 g/mol. The molecule has 35 heavy (non-hydrogen) atoms. The number of carbonyl (C=O) groups is 2. The summed E-state index contributed by atoms with van der Waals surface area (Å²) in [6.45, 7) is 6.01. The Balaban J connectivity index is 1.69. The first-order chi connectivity index (χ1) is 16.5. The first-order valence-corrected chi connectivity index (χ1v) is 13.0. The van der Waals surface area contributed by atoms with E-state index in [0.29, 0.717) is 38.7 Å². The lowest BCUT2D eigenvalue weighted by Crippen LogP contribution is -2.31. The molecule has 3 rings (SSSR count). The van der Waals surface area contributed by atoms with Crippen LogP contribution in [0, 0.1) is 12.8 Å². The number of halogens is 3. The van der Waals surface area contributed by atoms with Gasteiger partial charge in [-0.3, -0.25) is 9.59 Å². The van der Waals surface area contributed by atoms with Gasteiger partial charge in [-0.15, -0.1) is 10.2 Å². The van der Waals surface area contributed by atoms with Crippen LogP contribution in [-0.4, -0.2) is 32.3 Å². The molecule has 0 bridgehead atoms. The van der Waals surface area contributed by atoms with Crippen molar-refractivity contribution in [1.29, 1.82) is 0 Å². The standard InChI is InChI=1S/C24H26Cl3N5O2S/c1-13(2)9-20(29-23(34)17-8-6-15(25)10-19(17)27)22-30-31-24(32(22)4)35-12-21(33)28-16-7-5-14(3)18(26)11-16/h5-8,10-11,13,20H,9,12H2,1-4H3,(H,28,33)(H,29,34)/t20-/m1/s1. The lowest BCUT2D eigenvalue weighted by atomic mass is 10.0. The maximum Gasteiger partial charge on any atom is 0.253 e. The molecule has 7 nitrogen and oxygen atoms in total. The second kappa shape index (κ2) is 12.1. The molecule has 0 spiro atoms. The van der Waals surface area contributed by atoms with Crippen LogP contribution in [0.5, 0.6) is 0 Å². The molecule has 1 atom stereocenters. The topological polar surface area (TPSA) is 88.9 Å². The lowest BCUT2D eigenvalue weighted by molar-refractivity contribution is -0.113. The van der Waals surface area contributed by atoms with Gasteiger partial charge in [0.25, 0.3) is 5.91 Å². The molecule has 1 heterocycles. The number of nitrogens with zero attached hydrogens (tertiary/aromatic N) is 3. The number of nitrogens with one attached hydrogen (secondary N) is 2. The summed E-state index contributed by atoms with van der Waals surface area (Å²) in [5, 5.41) is 16.3. The van der Waals surface area contributed by atoms with Gasteiger partial charge in [-0.1, -0.05) is 66.5 Å². The van der Waals surface area contributed by atoms with Crippen molar-refractivity contribution in [3.63, 3.8) is 0 Å². The average molecular weight is 555 g/mol. The van der Waals surface area contributed by atoms with Crippen LogP contribution in [-0.2, 0) is 11.8 Å². The zero-order valence-corrected chi connectivity index (χ0v) is 22.8. The van der Waals surface area contributed by atoms with Crippen LogP contribution >= 0.6 is 46.6 Å². The first kappa shape index (κ1) is 27.3. The minimum absolute atomic E-state index is 0.138. The van der Waals surface area contributed by atoms with Crippen LogP contribution < -0.4 is 10.6 Å². The molecule has 0 fully saturated rings. The minimum Gasteiger partial charge on any atom is -0.342 e.